The van der Waals surface area contributed by atoms with Crippen LogP contribution >= 0.6 is 0 Å². The second-order valence-electron chi connectivity index (χ2n) is 8.56. The van der Waals surface area contributed by atoms with Crippen LogP contribution in [0.15, 0.2) is 51.7 Å². The molecule has 3 aromatic rings. The minimum absolute atomic E-state index is 0.0176. The lowest BCUT2D eigenvalue weighted by atomic mass is 9.87. The SMILES string of the molecule is Cc1cc2oc(=O)cc(COC(=O)CCOc3ccc(C(C)(C)C)cc3)c2cc1C. The molecule has 0 saturated heterocycles. The largest absolute Gasteiger partial charge is 0.493 e. The van der Waals surface area contributed by atoms with Gasteiger partial charge in [0.25, 0.3) is 0 Å². The van der Waals surface area contributed by atoms with Gasteiger partial charge in [0.1, 0.15) is 17.9 Å². The van der Waals surface area contributed by atoms with Crippen LogP contribution in [0.1, 0.15) is 49.4 Å². The maximum absolute atomic E-state index is 12.1. The van der Waals surface area contributed by atoms with Crippen molar-refractivity contribution in [2.75, 3.05) is 6.61 Å². The van der Waals surface area contributed by atoms with Crippen molar-refractivity contribution in [2.45, 2.75) is 53.1 Å². The third-order valence-corrected chi connectivity index (χ3v) is 5.13. The average Bonchev–Trinajstić information content (AvgIpc) is 2.67. The Bertz CT molecular complexity index is 1100. The number of carbonyl (C=O) groups is 1. The Morgan fingerprint density at radius 2 is 1.67 bits per heavy atom. The minimum Gasteiger partial charge on any atom is -0.493 e. The highest BCUT2D eigenvalue weighted by Crippen LogP contribution is 2.24. The van der Waals surface area contributed by atoms with Crippen molar-refractivity contribution in [1.29, 1.82) is 0 Å². The van der Waals surface area contributed by atoms with Crippen LogP contribution in [0.4, 0.5) is 0 Å². The number of esters is 1. The lowest BCUT2D eigenvalue weighted by Gasteiger charge is -2.19. The van der Waals surface area contributed by atoms with E-state index in [1.807, 2.05) is 50.2 Å². The molecule has 1 heterocycles. The Hall–Kier alpha value is -3.08. The lowest BCUT2D eigenvalue weighted by Crippen LogP contribution is -2.12. The van der Waals surface area contributed by atoms with Crippen molar-refractivity contribution in [3.05, 3.63) is 75.1 Å². The van der Waals surface area contributed by atoms with Crippen LogP contribution in [0, 0.1) is 13.8 Å². The highest BCUT2D eigenvalue weighted by Gasteiger charge is 2.13. The van der Waals surface area contributed by atoms with Crippen LogP contribution in [-0.2, 0) is 21.6 Å². The van der Waals surface area contributed by atoms with E-state index >= 15 is 0 Å². The Balaban J connectivity index is 1.56. The standard InChI is InChI=1S/C25H28O5/c1-16-12-21-18(14-24(27)30-22(21)13-17(16)2)15-29-23(26)10-11-28-20-8-6-19(7-9-20)25(3,4)5/h6-9,12-14H,10-11,15H2,1-5H3. The third kappa shape index (κ3) is 5.29. The zero-order valence-electron chi connectivity index (χ0n) is 18.2. The van der Waals surface area contributed by atoms with Gasteiger partial charge in [-0.05, 0) is 60.2 Å². The molecule has 0 atom stereocenters. The summed E-state index contributed by atoms with van der Waals surface area (Å²) in [6.07, 6.45) is 0.124. The highest BCUT2D eigenvalue weighted by atomic mass is 16.5. The minimum atomic E-state index is -0.459. The fraction of sp³-hybridized carbons (Fsp3) is 0.360. The smallest absolute Gasteiger partial charge is 0.336 e. The third-order valence-electron chi connectivity index (χ3n) is 5.13. The first kappa shape index (κ1) is 21.6. The number of benzene rings is 2. The lowest BCUT2D eigenvalue weighted by molar-refractivity contribution is -0.145. The van der Waals surface area contributed by atoms with Gasteiger partial charge in [0, 0.05) is 17.0 Å². The predicted molar refractivity (Wildman–Crippen MR) is 117 cm³/mol. The summed E-state index contributed by atoms with van der Waals surface area (Å²) in [6.45, 7) is 10.6. The van der Waals surface area contributed by atoms with E-state index in [0.29, 0.717) is 16.9 Å². The first-order valence-electron chi connectivity index (χ1n) is 10.1. The molecule has 0 amide bonds. The molecular weight excluding hydrogens is 380 g/mol. The first-order valence-corrected chi connectivity index (χ1v) is 10.1. The van der Waals surface area contributed by atoms with E-state index in [4.69, 9.17) is 13.9 Å². The second-order valence-corrected chi connectivity index (χ2v) is 8.56. The van der Waals surface area contributed by atoms with E-state index < -0.39 is 5.63 Å². The summed E-state index contributed by atoms with van der Waals surface area (Å²) in [5.74, 6) is 0.333. The van der Waals surface area contributed by atoms with Crippen LogP contribution in [0.2, 0.25) is 0 Å². The highest BCUT2D eigenvalue weighted by molar-refractivity contribution is 5.82. The van der Waals surface area contributed by atoms with E-state index in [2.05, 4.69) is 20.8 Å². The molecule has 0 saturated carbocycles. The van der Waals surface area contributed by atoms with Gasteiger partial charge in [0.05, 0.1) is 13.0 Å². The molecule has 0 bridgehead atoms. The summed E-state index contributed by atoms with van der Waals surface area (Å²) in [4.78, 5) is 24.0. The molecule has 0 N–H and O–H groups in total. The molecule has 0 spiro atoms. The van der Waals surface area contributed by atoms with Crippen molar-refractivity contribution in [1.82, 2.24) is 0 Å². The molecule has 1 aromatic heterocycles. The van der Waals surface area contributed by atoms with Crippen molar-refractivity contribution >= 4 is 16.9 Å². The van der Waals surface area contributed by atoms with E-state index in [0.717, 1.165) is 16.5 Å². The van der Waals surface area contributed by atoms with Crippen LogP contribution in [0.25, 0.3) is 11.0 Å². The van der Waals surface area contributed by atoms with Crippen LogP contribution in [0.3, 0.4) is 0 Å². The Labute approximate surface area is 176 Å². The normalized spacial score (nSPS) is 11.5. The summed E-state index contributed by atoms with van der Waals surface area (Å²) in [7, 11) is 0. The average molecular weight is 408 g/mol. The van der Waals surface area contributed by atoms with Gasteiger partial charge < -0.3 is 13.9 Å². The second kappa shape index (κ2) is 8.74. The van der Waals surface area contributed by atoms with Gasteiger partial charge in [-0.1, -0.05) is 32.9 Å². The maximum atomic E-state index is 12.1. The summed E-state index contributed by atoms with van der Waals surface area (Å²) >= 11 is 0. The van der Waals surface area contributed by atoms with Crippen LogP contribution in [-0.4, -0.2) is 12.6 Å². The number of aryl methyl sites for hydroxylation is 2. The Morgan fingerprint density at radius 3 is 2.33 bits per heavy atom. The van der Waals surface area contributed by atoms with Crippen molar-refractivity contribution in [3.8, 4) is 5.75 Å². The monoisotopic (exact) mass is 408 g/mol. The van der Waals surface area contributed by atoms with Gasteiger partial charge in [-0.2, -0.15) is 0 Å². The van der Waals surface area contributed by atoms with E-state index in [1.54, 1.807) is 0 Å². The summed E-state index contributed by atoms with van der Waals surface area (Å²) < 4.78 is 16.3. The van der Waals surface area contributed by atoms with Gasteiger partial charge >= 0.3 is 11.6 Å². The van der Waals surface area contributed by atoms with Gasteiger partial charge in [-0.15, -0.1) is 0 Å². The van der Waals surface area contributed by atoms with Crippen molar-refractivity contribution in [3.63, 3.8) is 0 Å². The quantitative estimate of drug-likeness (QED) is 0.413. The number of rotatable bonds is 6. The van der Waals surface area contributed by atoms with E-state index in [9.17, 15) is 9.59 Å². The van der Waals surface area contributed by atoms with Gasteiger partial charge in [0.2, 0.25) is 0 Å². The molecule has 0 unspecified atom stereocenters. The number of hydrogen-bond acceptors (Lipinski definition) is 5. The molecule has 5 heteroatoms. The van der Waals surface area contributed by atoms with Crippen molar-refractivity contribution < 1.29 is 18.7 Å². The summed E-state index contributed by atoms with van der Waals surface area (Å²) in [5, 5.41) is 0.778. The molecular formula is C25H28O5. The molecule has 0 radical (unpaired) electrons. The van der Waals surface area contributed by atoms with Gasteiger partial charge in [-0.3, -0.25) is 4.79 Å². The van der Waals surface area contributed by atoms with Gasteiger partial charge in [-0.25, -0.2) is 4.79 Å². The summed E-state index contributed by atoms with van der Waals surface area (Å²) in [5.41, 5.74) is 4.09. The molecule has 0 fully saturated rings. The molecule has 30 heavy (non-hydrogen) atoms. The van der Waals surface area contributed by atoms with Crippen molar-refractivity contribution in [2.24, 2.45) is 0 Å². The fourth-order valence-electron chi connectivity index (χ4n) is 3.14. The fourth-order valence-corrected chi connectivity index (χ4v) is 3.14. The van der Waals surface area contributed by atoms with Crippen LogP contribution in [0.5, 0.6) is 5.75 Å². The summed E-state index contributed by atoms with van der Waals surface area (Å²) in [6, 6.07) is 13.0. The molecule has 5 nitrogen and oxygen atoms in total. The molecule has 2 aromatic carbocycles. The molecule has 0 aliphatic rings. The maximum Gasteiger partial charge on any atom is 0.336 e. The number of hydrogen-bond donors (Lipinski definition) is 0. The molecule has 0 aliphatic heterocycles. The number of fused-ring (bicyclic) bond motifs is 1. The zero-order valence-corrected chi connectivity index (χ0v) is 18.2. The Kier molecular flexibility index (Phi) is 6.30. The molecule has 0 aliphatic carbocycles. The molecule has 3 rings (SSSR count). The topological polar surface area (TPSA) is 65.7 Å². The Morgan fingerprint density at radius 1 is 1.00 bits per heavy atom. The van der Waals surface area contributed by atoms with E-state index in [-0.39, 0.29) is 31.0 Å². The zero-order chi connectivity index (χ0) is 21.9. The van der Waals surface area contributed by atoms with Gasteiger partial charge in [0.15, 0.2) is 0 Å². The molecule has 158 valence electrons. The van der Waals surface area contributed by atoms with Crippen LogP contribution < -0.4 is 10.4 Å². The number of ether oxygens (including phenoxy) is 2. The number of carbonyl (C=O) groups excluding carboxylic acids is 1. The van der Waals surface area contributed by atoms with E-state index in [1.165, 1.54) is 11.6 Å². The first-order chi connectivity index (χ1) is 14.1. The predicted octanol–water partition coefficient (Wildman–Crippen LogP) is 5.22.